The van der Waals surface area contributed by atoms with Crippen molar-refractivity contribution in [2.24, 2.45) is 0 Å². The highest BCUT2D eigenvalue weighted by molar-refractivity contribution is 5.79. The van der Waals surface area contributed by atoms with Gasteiger partial charge in [0.05, 0.1) is 6.54 Å². The van der Waals surface area contributed by atoms with Crippen LogP contribution < -0.4 is 0 Å². The minimum Gasteiger partial charge on any atom is -0.481 e. The van der Waals surface area contributed by atoms with Crippen LogP contribution in [0, 0.1) is 0 Å². The third kappa shape index (κ3) is 2.52. The van der Waals surface area contributed by atoms with Crippen LogP contribution in [0.15, 0.2) is 0 Å². The van der Waals surface area contributed by atoms with E-state index in [1.165, 1.54) is 0 Å². The van der Waals surface area contributed by atoms with Crippen molar-refractivity contribution in [3.8, 4) is 0 Å². The SMILES string of the molecule is CN1CC(=O)N(C2CC2)CC1CCC(=O)O. The number of carbonyl (C=O) groups excluding carboxylic acids is 1. The number of piperazine rings is 1. The molecule has 1 saturated carbocycles. The lowest BCUT2D eigenvalue weighted by Crippen LogP contribution is -2.55. The Morgan fingerprint density at radius 1 is 1.50 bits per heavy atom. The Labute approximate surface area is 95.0 Å². The zero-order valence-corrected chi connectivity index (χ0v) is 9.56. The standard InChI is InChI=1S/C11H18N2O3/c1-12-7-10(14)13(8-2-3-8)6-9(12)4-5-11(15)16/h8-9H,2-7H2,1H3,(H,15,16). The summed E-state index contributed by atoms with van der Waals surface area (Å²) in [5.74, 6) is -0.570. The minimum atomic E-state index is -0.761. The van der Waals surface area contributed by atoms with E-state index in [4.69, 9.17) is 5.11 Å². The van der Waals surface area contributed by atoms with Crippen LogP contribution in [0.1, 0.15) is 25.7 Å². The first-order chi connectivity index (χ1) is 7.58. The number of likely N-dealkylation sites (N-methyl/N-ethyl adjacent to an activating group) is 1. The van der Waals surface area contributed by atoms with Crippen molar-refractivity contribution in [1.29, 1.82) is 0 Å². The van der Waals surface area contributed by atoms with Gasteiger partial charge in [-0.05, 0) is 26.3 Å². The normalized spacial score (nSPS) is 27.2. The quantitative estimate of drug-likeness (QED) is 0.741. The molecule has 0 spiro atoms. The fourth-order valence-electron chi connectivity index (χ4n) is 2.24. The summed E-state index contributed by atoms with van der Waals surface area (Å²) in [5.41, 5.74) is 0. The smallest absolute Gasteiger partial charge is 0.303 e. The lowest BCUT2D eigenvalue weighted by molar-refractivity contribution is -0.139. The van der Waals surface area contributed by atoms with Crippen LogP contribution in [0.25, 0.3) is 0 Å². The van der Waals surface area contributed by atoms with Gasteiger partial charge in [-0.3, -0.25) is 14.5 Å². The third-order valence-corrected chi connectivity index (χ3v) is 3.41. The summed E-state index contributed by atoms with van der Waals surface area (Å²) in [7, 11) is 1.90. The molecule has 1 saturated heterocycles. The van der Waals surface area contributed by atoms with Gasteiger partial charge in [0, 0.05) is 25.0 Å². The van der Waals surface area contributed by atoms with E-state index in [0.29, 0.717) is 25.6 Å². The van der Waals surface area contributed by atoms with Gasteiger partial charge in [-0.25, -0.2) is 0 Å². The highest BCUT2D eigenvalue weighted by Gasteiger charge is 2.38. The van der Waals surface area contributed by atoms with E-state index in [-0.39, 0.29) is 18.4 Å². The highest BCUT2D eigenvalue weighted by Crippen LogP contribution is 2.29. The average molecular weight is 226 g/mol. The number of amides is 1. The second-order valence-corrected chi connectivity index (χ2v) is 4.78. The van der Waals surface area contributed by atoms with Crippen molar-refractivity contribution in [2.45, 2.75) is 37.8 Å². The molecule has 0 bridgehead atoms. The summed E-state index contributed by atoms with van der Waals surface area (Å²) < 4.78 is 0. The first kappa shape index (κ1) is 11.4. The van der Waals surface area contributed by atoms with Gasteiger partial charge in [-0.2, -0.15) is 0 Å². The summed E-state index contributed by atoms with van der Waals surface area (Å²) in [6.07, 6.45) is 3.03. The van der Waals surface area contributed by atoms with Gasteiger partial charge in [0.1, 0.15) is 0 Å². The van der Waals surface area contributed by atoms with Crippen LogP contribution in [-0.2, 0) is 9.59 Å². The largest absolute Gasteiger partial charge is 0.481 e. The summed E-state index contributed by atoms with van der Waals surface area (Å²) in [4.78, 5) is 26.2. The topological polar surface area (TPSA) is 60.9 Å². The van der Waals surface area contributed by atoms with Crippen LogP contribution in [0.5, 0.6) is 0 Å². The molecule has 0 aromatic carbocycles. The lowest BCUT2D eigenvalue weighted by Gasteiger charge is -2.39. The number of hydrogen-bond acceptors (Lipinski definition) is 3. The molecule has 5 nitrogen and oxygen atoms in total. The Kier molecular flexibility index (Phi) is 3.14. The molecule has 0 aromatic heterocycles. The third-order valence-electron chi connectivity index (χ3n) is 3.41. The van der Waals surface area contributed by atoms with E-state index < -0.39 is 5.97 Å². The van der Waals surface area contributed by atoms with Crippen molar-refractivity contribution in [1.82, 2.24) is 9.80 Å². The van der Waals surface area contributed by atoms with Crippen molar-refractivity contribution in [3.63, 3.8) is 0 Å². The minimum absolute atomic E-state index is 0.182. The lowest BCUT2D eigenvalue weighted by atomic mass is 10.1. The van der Waals surface area contributed by atoms with Crippen molar-refractivity contribution in [2.75, 3.05) is 20.1 Å². The van der Waals surface area contributed by atoms with Crippen LogP contribution in [-0.4, -0.2) is 59.0 Å². The second kappa shape index (κ2) is 4.41. The molecule has 2 aliphatic rings. The first-order valence-electron chi connectivity index (χ1n) is 5.79. The van der Waals surface area contributed by atoms with Gasteiger partial charge in [0.15, 0.2) is 0 Å². The molecule has 16 heavy (non-hydrogen) atoms. The Bertz CT molecular complexity index is 302. The van der Waals surface area contributed by atoms with E-state index in [9.17, 15) is 9.59 Å². The fourth-order valence-corrected chi connectivity index (χ4v) is 2.24. The maximum absolute atomic E-state index is 11.7. The van der Waals surface area contributed by atoms with Gasteiger partial charge >= 0.3 is 5.97 Å². The molecule has 1 amide bonds. The summed E-state index contributed by atoms with van der Waals surface area (Å²) in [6.45, 7) is 1.13. The average Bonchev–Trinajstić information content (AvgIpc) is 2.99. The number of nitrogens with zero attached hydrogens (tertiary/aromatic N) is 2. The summed E-state index contributed by atoms with van der Waals surface area (Å²) in [5, 5.41) is 8.67. The zero-order chi connectivity index (χ0) is 11.7. The maximum Gasteiger partial charge on any atom is 0.303 e. The molecule has 2 rings (SSSR count). The monoisotopic (exact) mass is 226 g/mol. The number of aliphatic carboxylic acids is 1. The van der Waals surface area contributed by atoms with Crippen molar-refractivity contribution in [3.05, 3.63) is 0 Å². The van der Waals surface area contributed by atoms with Gasteiger partial charge < -0.3 is 10.0 Å². The predicted molar refractivity (Wildman–Crippen MR) is 58.0 cm³/mol. The Morgan fingerprint density at radius 3 is 2.75 bits per heavy atom. The molecule has 1 atom stereocenters. The van der Waals surface area contributed by atoms with E-state index in [2.05, 4.69) is 0 Å². The predicted octanol–water partition coefficient (Wildman–Crippen LogP) is 0.156. The number of rotatable bonds is 4. The molecule has 1 aliphatic carbocycles. The maximum atomic E-state index is 11.7. The fraction of sp³-hybridized carbons (Fsp3) is 0.818. The second-order valence-electron chi connectivity index (χ2n) is 4.78. The van der Waals surface area contributed by atoms with E-state index in [1.54, 1.807) is 0 Å². The van der Waals surface area contributed by atoms with Crippen LogP contribution in [0.4, 0.5) is 0 Å². The number of carboxylic acid groups (broad SMARTS) is 1. The molecular formula is C11H18N2O3. The van der Waals surface area contributed by atoms with Crippen molar-refractivity contribution >= 4 is 11.9 Å². The molecule has 1 heterocycles. The van der Waals surface area contributed by atoms with Crippen LogP contribution >= 0.6 is 0 Å². The summed E-state index contributed by atoms with van der Waals surface area (Å²) >= 11 is 0. The molecule has 0 aromatic rings. The molecule has 5 heteroatoms. The molecular weight excluding hydrogens is 208 g/mol. The van der Waals surface area contributed by atoms with Gasteiger partial charge in [-0.1, -0.05) is 0 Å². The molecule has 1 N–H and O–H groups in total. The Hall–Kier alpha value is -1.10. The molecule has 1 aliphatic heterocycles. The zero-order valence-electron chi connectivity index (χ0n) is 9.56. The number of carbonyl (C=O) groups is 2. The van der Waals surface area contributed by atoms with Crippen LogP contribution in [0.3, 0.4) is 0 Å². The van der Waals surface area contributed by atoms with Crippen molar-refractivity contribution < 1.29 is 14.7 Å². The van der Waals surface area contributed by atoms with E-state index in [0.717, 1.165) is 12.8 Å². The highest BCUT2D eigenvalue weighted by atomic mass is 16.4. The molecule has 90 valence electrons. The van der Waals surface area contributed by atoms with E-state index in [1.807, 2.05) is 16.8 Å². The molecule has 1 unspecified atom stereocenters. The van der Waals surface area contributed by atoms with Gasteiger partial charge in [0.2, 0.25) is 5.91 Å². The van der Waals surface area contributed by atoms with Gasteiger partial charge in [0.25, 0.3) is 0 Å². The van der Waals surface area contributed by atoms with Gasteiger partial charge in [-0.15, -0.1) is 0 Å². The Morgan fingerprint density at radius 2 is 2.19 bits per heavy atom. The first-order valence-corrected chi connectivity index (χ1v) is 5.79. The molecule has 0 radical (unpaired) electrons. The summed E-state index contributed by atoms with van der Waals surface area (Å²) in [6, 6.07) is 0.642. The van der Waals surface area contributed by atoms with E-state index >= 15 is 0 Å². The number of carboxylic acids is 1. The Balaban J connectivity index is 1.91. The molecule has 2 fully saturated rings. The van der Waals surface area contributed by atoms with Crippen LogP contribution in [0.2, 0.25) is 0 Å². The number of hydrogen-bond donors (Lipinski definition) is 1.